The van der Waals surface area contributed by atoms with Crippen molar-refractivity contribution in [2.24, 2.45) is 0 Å². The molecule has 6 nitrogen and oxygen atoms in total. The number of nitrogens with one attached hydrogen (secondary N) is 1. The van der Waals surface area contributed by atoms with E-state index in [2.05, 4.69) is 10.3 Å². The topological polar surface area (TPSA) is 72.7 Å². The quantitative estimate of drug-likeness (QED) is 0.560. The van der Waals surface area contributed by atoms with Crippen molar-refractivity contribution in [3.8, 4) is 5.75 Å². The Morgan fingerprint density at radius 2 is 2.00 bits per heavy atom. The van der Waals surface area contributed by atoms with Crippen LogP contribution in [-0.4, -0.2) is 15.3 Å². The number of carbonyl (C=O) groups excluding carboxylic acids is 1. The Labute approximate surface area is 165 Å². The van der Waals surface area contributed by atoms with Gasteiger partial charge < -0.3 is 10.1 Å². The number of thiazole rings is 1. The second-order valence-electron chi connectivity index (χ2n) is 6.25. The summed E-state index contributed by atoms with van der Waals surface area (Å²) in [6.07, 6.45) is 1.69. The smallest absolute Gasteiger partial charge is 0.258 e. The first kappa shape index (κ1) is 17.9. The number of rotatable bonds is 5. The standard InChI is InChI=1S/C21H17N3O3S/c1-14-7-8-18(17(11-14)23-20(26)15-5-3-2-4-6-15)27-13-16-12-19(25)24-9-10-28-21(24)22-16/h2-12H,13H2,1H3,(H,23,26). The Bertz CT molecular complexity index is 1200. The molecule has 0 saturated carbocycles. The molecule has 0 spiro atoms. The second-order valence-corrected chi connectivity index (χ2v) is 7.12. The van der Waals surface area contributed by atoms with Crippen LogP contribution in [0.4, 0.5) is 5.69 Å². The van der Waals surface area contributed by atoms with E-state index < -0.39 is 0 Å². The van der Waals surface area contributed by atoms with Gasteiger partial charge in [-0.1, -0.05) is 24.3 Å². The monoisotopic (exact) mass is 391 g/mol. The van der Waals surface area contributed by atoms with Gasteiger partial charge in [-0.15, -0.1) is 11.3 Å². The summed E-state index contributed by atoms with van der Waals surface area (Å²) < 4.78 is 7.37. The molecule has 0 saturated heterocycles. The van der Waals surface area contributed by atoms with Gasteiger partial charge in [0.2, 0.25) is 0 Å². The van der Waals surface area contributed by atoms with Gasteiger partial charge in [-0.2, -0.15) is 0 Å². The Kier molecular flexibility index (Phi) is 4.90. The molecule has 0 atom stereocenters. The molecule has 140 valence electrons. The fourth-order valence-corrected chi connectivity index (χ4v) is 3.50. The van der Waals surface area contributed by atoms with E-state index in [1.165, 1.54) is 21.8 Å². The maximum Gasteiger partial charge on any atom is 0.258 e. The first-order valence-corrected chi connectivity index (χ1v) is 9.54. The molecular weight excluding hydrogens is 374 g/mol. The molecule has 1 amide bonds. The minimum atomic E-state index is -0.215. The van der Waals surface area contributed by atoms with Crippen molar-refractivity contribution < 1.29 is 9.53 Å². The lowest BCUT2D eigenvalue weighted by Gasteiger charge is -2.13. The maximum absolute atomic E-state index is 12.5. The molecule has 1 N–H and O–H groups in total. The van der Waals surface area contributed by atoms with Crippen molar-refractivity contribution in [1.82, 2.24) is 9.38 Å². The van der Waals surface area contributed by atoms with Crippen molar-refractivity contribution >= 4 is 27.9 Å². The number of amides is 1. The third-order valence-corrected chi connectivity index (χ3v) is 4.91. The summed E-state index contributed by atoms with van der Waals surface area (Å²) in [5, 5.41) is 4.70. The molecule has 0 unspecified atom stereocenters. The van der Waals surface area contributed by atoms with Crippen molar-refractivity contribution in [2.75, 3.05) is 5.32 Å². The van der Waals surface area contributed by atoms with Crippen LogP contribution in [0.1, 0.15) is 21.6 Å². The van der Waals surface area contributed by atoms with E-state index in [-0.39, 0.29) is 18.1 Å². The lowest BCUT2D eigenvalue weighted by molar-refractivity contribution is 0.102. The Morgan fingerprint density at radius 3 is 2.82 bits per heavy atom. The third-order valence-electron chi connectivity index (χ3n) is 4.15. The van der Waals surface area contributed by atoms with Crippen LogP contribution < -0.4 is 15.6 Å². The summed E-state index contributed by atoms with van der Waals surface area (Å²) in [7, 11) is 0. The summed E-state index contributed by atoms with van der Waals surface area (Å²) >= 11 is 1.39. The molecule has 2 aromatic heterocycles. The second kappa shape index (κ2) is 7.66. The zero-order chi connectivity index (χ0) is 19.5. The predicted molar refractivity (Wildman–Crippen MR) is 109 cm³/mol. The van der Waals surface area contributed by atoms with Gasteiger partial charge in [-0.25, -0.2) is 4.98 Å². The first-order chi connectivity index (χ1) is 13.6. The van der Waals surface area contributed by atoms with Gasteiger partial charge in [0.05, 0.1) is 11.4 Å². The van der Waals surface area contributed by atoms with Crippen LogP contribution in [0, 0.1) is 6.92 Å². The Balaban J connectivity index is 1.55. The van der Waals surface area contributed by atoms with Crippen LogP contribution in [-0.2, 0) is 6.61 Å². The molecule has 28 heavy (non-hydrogen) atoms. The highest BCUT2D eigenvalue weighted by Gasteiger charge is 2.11. The first-order valence-electron chi connectivity index (χ1n) is 8.66. The van der Waals surface area contributed by atoms with E-state index in [1.54, 1.807) is 24.4 Å². The molecule has 0 bridgehead atoms. The number of aryl methyl sites for hydroxylation is 1. The van der Waals surface area contributed by atoms with Crippen molar-refractivity contribution in [3.05, 3.63) is 93.3 Å². The number of hydrogen-bond acceptors (Lipinski definition) is 5. The van der Waals surface area contributed by atoms with Crippen LogP contribution in [0.5, 0.6) is 5.75 Å². The fraction of sp³-hybridized carbons (Fsp3) is 0.0952. The van der Waals surface area contributed by atoms with E-state index in [0.717, 1.165) is 5.56 Å². The normalized spacial score (nSPS) is 10.8. The predicted octanol–water partition coefficient (Wildman–Crippen LogP) is 3.90. The van der Waals surface area contributed by atoms with E-state index in [4.69, 9.17) is 4.74 Å². The minimum absolute atomic E-state index is 0.126. The molecular formula is C21H17N3O3S. The lowest BCUT2D eigenvalue weighted by atomic mass is 10.1. The summed E-state index contributed by atoms with van der Waals surface area (Å²) in [6.45, 7) is 2.07. The molecule has 0 aliphatic carbocycles. The minimum Gasteiger partial charge on any atom is -0.485 e. The van der Waals surface area contributed by atoms with Crippen LogP contribution in [0.2, 0.25) is 0 Å². The molecule has 0 radical (unpaired) electrons. The summed E-state index contributed by atoms with van der Waals surface area (Å²) in [5.74, 6) is 0.301. The largest absolute Gasteiger partial charge is 0.485 e. The average Bonchev–Trinajstić information content (AvgIpc) is 3.17. The van der Waals surface area contributed by atoms with Gasteiger partial charge in [0.1, 0.15) is 12.4 Å². The van der Waals surface area contributed by atoms with E-state index >= 15 is 0 Å². The van der Waals surface area contributed by atoms with Crippen molar-refractivity contribution in [1.29, 1.82) is 0 Å². The molecule has 0 fully saturated rings. The van der Waals surface area contributed by atoms with Gasteiger partial charge >= 0.3 is 0 Å². The molecule has 0 aliphatic rings. The van der Waals surface area contributed by atoms with Crippen LogP contribution >= 0.6 is 11.3 Å². The van der Waals surface area contributed by atoms with Gasteiger partial charge in [-0.05, 0) is 36.8 Å². The van der Waals surface area contributed by atoms with Gasteiger partial charge in [0.25, 0.3) is 11.5 Å². The summed E-state index contributed by atoms with van der Waals surface area (Å²) in [5.41, 5.74) is 2.52. The van der Waals surface area contributed by atoms with E-state index in [1.807, 2.05) is 42.6 Å². The number of ether oxygens (including phenoxy) is 1. The number of anilines is 1. The number of aromatic nitrogens is 2. The van der Waals surface area contributed by atoms with Gasteiger partial charge in [0, 0.05) is 23.2 Å². The average molecular weight is 391 g/mol. The van der Waals surface area contributed by atoms with Crippen LogP contribution in [0.15, 0.2) is 71.0 Å². The SMILES string of the molecule is Cc1ccc(OCc2cc(=O)n3ccsc3n2)c(NC(=O)c2ccccc2)c1. The number of fused-ring (bicyclic) bond motifs is 1. The fourth-order valence-electron chi connectivity index (χ4n) is 2.76. The Hall–Kier alpha value is -3.45. The van der Waals surface area contributed by atoms with Crippen LogP contribution in [0.3, 0.4) is 0 Å². The highest BCUT2D eigenvalue weighted by Crippen LogP contribution is 2.27. The highest BCUT2D eigenvalue weighted by molar-refractivity contribution is 7.15. The third kappa shape index (κ3) is 3.79. The number of benzene rings is 2. The summed E-state index contributed by atoms with van der Waals surface area (Å²) in [4.78, 5) is 29.6. The van der Waals surface area contributed by atoms with Gasteiger partial charge in [-0.3, -0.25) is 14.0 Å². The molecule has 7 heteroatoms. The molecule has 0 aliphatic heterocycles. The van der Waals surface area contributed by atoms with Crippen molar-refractivity contribution in [2.45, 2.75) is 13.5 Å². The lowest BCUT2D eigenvalue weighted by Crippen LogP contribution is -2.15. The zero-order valence-electron chi connectivity index (χ0n) is 15.1. The molecule has 2 aromatic carbocycles. The summed E-state index contributed by atoms with van der Waals surface area (Å²) in [6, 6.07) is 16.0. The maximum atomic E-state index is 12.5. The highest BCUT2D eigenvalue weighted by atomic mass is 32.1. The Morgan fingerprint density at radius 1 is 1.18 bits per heavy atom. The number of hydrogen-bond donors (Lipinski definition) is 1. The zero-order valence-corrected chi connectivity index (χ0v) is 15.9. The van der Waals surface area contributed by atoms with E-state index in [0.29, 0.717) is 27.7 Å². The number of carbonyl (C=O) groups is 1. The molecule has 4 aromatic rings. The van der Waals surface area contributed by atoms with E-state index in [9.17, 15) is 9.59 Å². The molecule has 4 rings (SSSR count). The number of nitrogens with zero attached hydrogens (tertiary/aromatic N) is 2. The molecule has 2 heterocycles. The van der Waals surface area contributed by atoms with Gasteiger partial charge in [0.15, 0.2) is 4.96 Å². The van der Waals surface area contributed by atoms with Crippen molar-refractivity contribution in [3.63, 3.8) is 0 Å². The van der Waals surface area contributed by atoms with Crippen LogP contribution in [0.25, 0.3) is 4.96 Å².